The quantitative estimate of drug-likeness (QED) is 0.328. The lowest BCUT2D eigenvalue weighted by Crippen LogP contribution is -2.19. The molecule has 1 amide bonds. The molecule has 5 rings (SSSR count). The summed E-state index contributed by atoms with van der Waals surface area (Å²) in [6.07, 6.45) is 4.26. The number of benzene rings is 3. The smallest absolute Gasteiger partial charge is 0.275 e. The predicted molar refractivity (Wildman–Crippen MR) is 127 cm³/mol. The van der Waals surface area contributed by atoms with Crippen LogP contribution in [0.1, 0.15) is 15.9 Å². The summed E-state index contributed by atoms with van der Waals surface area (Å²) in [5.41, 5.74) is 5.50. The normalized spacial score (nSPS) is 11.2. The minimum absolute atomic E-state index is 0.225. The van der Waals surface area contributed by atoms with Crippen molar-refractivity contribution in [2.24, 2.45) is 5.10 Å². The lowest BCUT2D eigenvalue weighted by atomic mass is 10.1. The third kappa shape index (κ3) is 4.07. The van der Waals surface area contributed by atoms with Crippen LogP contribution in [0, 0.1) is 0 Å². The van der Waals surface area contributed by atoms with E-state index in [1.54, 1.807) is 35.1 Å². The fourth-order valence-electron chi connectivity index (χ4n) is 3.47. The minimum atomic E-state index is -0.447. The Kier molecular flexibility index (Phi) is 5.35. The highest BCUT2D eigenvalue weighted by atomic mass is 16.3. The first kappa shape index (κ1) is 20.1. The molecule has 160 valence electrons. The highest BCUT2D eigenvalue weighted by Gasteiger charge is 2.18. The Balaban J connectivity index is 1.45. The molecule has 1 N–H and O–H groups in total. The maximum atomic E-state index is 13.0. The van der Waals surface area contributed by atoms with Crippen LogP contribution in [-0.2, 0) is 0 Å². The molecular weight excluding hydrogens is 416 g/mol. The summed E-state index contributed by atoms with van der Waals surface area (Å²) in [6.45, 7) is 0. The molecule has 7 heteroatoms. The van der Waals surface area contributed by atoms with Gasteiger partial charge in [-0.1, -0.05) is 60.7 Å². The maximum Gasteiger partial charge on any atom is 0.275 e. The number of hydrogen-bond donors (Lipinski definition) is 1. The van der Waals surface area contributed by atoms with E-state index in [9.17, 15) is 9.59 Å². The van der Waals surface area contributed by atoms with Gasteiger partial charge in [-0.25, -0.2) is 10.1 Å². The molecule has 0 aliphatic carbocycles. The van der Waals surface area contributed by atoms with Crippen molar-refractivity contribution in [3.63, 3.8) is 0 Å². The molecule has 0 aliphatic rings. The Morgan fingerprint density at radius 3 is 2.42 bits per heavy atom. The predicted octanol–water partition coefficient (Wildman–Crippen LogP) is 4.41. The number of nitrogens with zero attached hydrogens (tertiary/aromatic N) is 3. The molecule has 0 radical (unpaired) electrons. The van der Waals surface area contributed by atoms with Gasteiger partial charge in [-0.15, -0.1) is 0 Å². The molecule has 3 aromatic carbocycles. The van der Waals surface area contributed by atoms with E-state index in [4.69, 9.17) is 4.42 Å². The first-order valence-electron chi connectivity index (χ1n) is 10.3. The van der Waals surface area contributed by atoms with Gasteiger partial charge in [-0.3, -0.25) is 9.59 Å². The molecule has 0 saturated carbocycles. The first-order valence-corrected chi connectivity index (χ1v) is 10.3. The van der Waals surface area contributed by atoms with Crippen molar-refractivity contribution < 1.29 is 9.21 Å². The van der Waals surface area contributed by atoms with E-state index >= 15 is 0 Å². The fraction of sp³-hybridized carbons (Fsp3) is 0. The van der Waals surface area contributed by atoms with Gasteiger partial charge in [0.25, 0.3) is 5.91 Å². The highest BCUT2D eigenvalue weighted by Crippen LogP contribution is 2.23. The van der Waals surface area contributed by atoms with Gasteiger partial charge in [-0.2, -0.15) is 10.2 Å². The standard InChI is InChI=1S/C26H18N4O3/c31-25-19(17-33-23-14-8-7-13-21(23)25)15-27-28-26(32)22-16-30(20-11-5-2-6-12-20)29-24(22)18-9-3-1-4-10-18/h1-17H,(H,28,32)/b27-15-. The number of para-hydroxylation sites is 2. The van der Waals surface area contributed by atoms with Gasteiger partial charge in [0, 0.05) is 11.8 Å². The molecule has 0 unspecified atom stereocenters. The zero-order valence-corrected chi connectivity index (χ0v) is 17.4. The third-order valence-corrected chi connectivity index (χ3v) is 5.10. The number of carbonyl (C=O) groups excluding carboxylic acids is 1. The van der Waals surface area contributed by atoms with E-state index in [-0.39, 0.29) is 11.0 Å². The molecule has 0 saturated heterocycles. The van der Waals surface area contributed by atoms with E-state index in [0.717, 1.165) is 11.3 Å². The number of hydrogen-bond acceptors (Lipinski definition) is 5. The Morgan fingerprint density at radius 1 is 0.939 bits per heavy atom. The van der Waals surface area contributed by atoms with Crippen molar-refractivity contribution in [2.45, 2.75) is 0 Å². The largest absolute Gasteiger partial charge is 0.463 e. The van der Waals surface area contributed by atoms with Crippen molar-refractivity contribution >= 4 is 23.1 Å². The number of hydrazone groups is 1. The zero-order chi connectivity index (χ0) is 22.6. The Bertz CT molecular complexity index is 1520. The second-order valence-corrected chi connectivity index (χ2v) is 7.25. The number of nitrogens with one attached hydrogen (secondary N) is 1. The average molecular weight is 434 g/mol. The van der Waals surface area contributed by atoms with Crippen molar-refractivity contribution in [2.75, 3.05) is 0 Å². The molecular formula is C26H18N4O3. The molecule has 7 nitrogen and oxygen atoms in total. The molecule has 2 aromatic heterocycles. The number of carbonyl (C=O) groups is 1. The topological polar surface area (TPSA) is 89.5 Å². The van der Waals surface area contributed by atoms with Gasteiger partial charge < -0.3 is 4.42 Å². The monoisotopic (exact) mass is 434 g/mol. The zero-order valence-electron chi connectivity index (χ0n) is 17.4. The van der Waals surface area contributed by atoms with Crippen LogP contribution in [0.3, 0.4) is 0 Å². The Labute approximate surface area is 188 Å². The minimum Gasteiger partial charge on any atom is -0.463 e. The van der Waals surface area contributed by atoms with Gasteiger partial charge in [0.2, 0.25) is 5.43 Å². The van der Waals surface area contributed by atoms with Gasteiger partial charge in [0.1, 0.15) is 17.5 Å². The Hall–Kier alpha value is -4.78. The number of aromatic nitrogens is 2. The molecule has 2 heterocycles. The van der Waals surface area contributed by atoms with Crippen LogP contribution < -0.4 is 10.9 Å². The first-order chi connectivity index (χ1) is 16.2. The summed E-state index contributed by atoms with van der Waals surface area (Å²) in [5.74, 6) is -0.447. The maximum absolute atomic E-state index is 13.0. The molecule has 0 fully saturated rings. The SMILES string of the molecule is O=C(N/N=C\c1coc2ccccc2c1=O)c1cn(-c2ccccc2)nc1-c1ccccc1. The van der Waals surface area contributed by atoms with Crippen LogP contribution in [0.15, 0.2) is 112 Å². The van der Waals surface area contributed by atoms with E-state index in [1.165, 1.54) is 12.5 Å². The summed E-state index contributed by atoms with van der Waals surface area (Å²) in [4.78, 5) is 25.6. The molecule has 0 atom stereocenters. The van der Waals surface area contributed by atoms with E-state index in [2.05, 4.69) is 15.6 Å². The lowest BCUT2D eigenvalue weighted by molar-refractivity contribution is 0.0955. The van der Waals surface area contributed by atoms with Crippen LogP contribution in [0.2, 0.25) is 0 Å². The van der Waals surface area contributed by atoms with Gasteiger partial charge in [-0.05, 0) is 24.3 Å². The molecule has 0 bridgehead atoms. The van der Waals surface area contributed by atoms with Crippen molar-refractivity contribution in [1.82, 2.24) is 15.2 Å². The summed E-state index contributed by atoms with van der Waals surface area (Å²) in [5, 5.41) is 9.05. The number of amides is 1. The Morgan fingerprint density at radius 2 is 1.64 bits per heavy atom. The van der Waals surface area contributed by atoms with Gasteiger partial charge in [0.15, 0.2) is 0 Å². The molecule has 0 aliphatic heterocycles. The van der Waals surface area contributed by atoms with Crippen molar-refractivity contribution in [1.29, 1.82) is 0 Å². The summed E-state index contributed by atoms with van der Waals surface area (Å²) in [7, 11) is 0. The van der Waals surface area contributed by atoms with E-state index < -0.39 is 5.91 Å². The second-order valence-electron chi connectivity index (χ2n) is 7.25. The summed E-state index contributed by atoms with van der Waals surface area (Å²) in [6, 6.07) is 25.9. The molecule has 5 aromatic rings. The van der Waals surface area contributed by atoms with E-state index in [1.807, 2.05) is 60.7 Å². The summed E-state index contributed by atoms with van der Waals surface area (Å²) >= 11 is 0. The van der Waals surface area contributed by atoms with Gasteiger partial charge >= 0.3 is 0 Å². The average Bonchev–Trinajstić information content (AvgIpc) is 3.32. The van der Waals surface area contributed by atoms with Crippen LogP contribution >= 0.6 is 0 Å². The van der Waals surface area contributed by atoms with Crippen molar-refractivity contribution in [3.8, 4) is 16.9 Å². The second kappa shape index (κ2) is 8.76. The van der Waals surface area contributed by atoms with Crippen LogP contribution in [0.25, 0.3) is 27.9 Å². The van der Waals surface area contributed by atoms with Gasteiger partial charge in [0.05, 0.1) is 28.4 Å². The summed E-state index contributed by atoms with van der Waals surface area (Å²) < 4.78 is 7.13. The van der Waals surface area contributed by atoms with Crippen LogP contribution in [-0.4, -0.2) is 21.9 Å². The van der Waals surface area contributed by atoms with E-state index in [0.29, 0.717) is 22.2 Å². The van der Waals surface area contributed by atoms with Crippen LogP contribution in [0.5, 0.6) is 0 Å². The van der Waals surface area contributed by atoms with Crippen molar-refractivity contribution in [3.05, 3.63) is 119 Å². The number of rotatable bonds is 5. The highest BCUT2D eigenvalue weighted by molar-refractivity contribution is 6.00. The number of fused-ring (bicyclic) bond motifs is 1. The lowest BCUT2D eigenvalue weighted by Gasteiger charge is -2.01. The third-order valence-electron chi connectivity index (χ3n) is 5.10. The molecule has 33 heavy (non-hydrogen) atoms. The molecule has 0 spiro atoms. The fourth-order valence-corrected chi connectivity index (χ4v) is 3.47. The van der Waals surface area contributed by atoms with Crippen LogP contribution in [0.4, 0.5) is 0 Å².